The first-order valence-corrected chi connectivity index (χ1v) is 13.9. The molecule has 0 heterocycles. The Hall–Kier alpha value is -0.960. The standard InChI is InChI=1S/C10H11Br2NO.C10H11NO.Br2/c11-6-9(12)10(14)13-7-8-4-2-1-3-5-8;1-2-10(12)11-8-9-6-4-3-5-7-9;1-2/h1-5,9H,6-7H2,(H,13,14);2-7H,1,8H2,(H,11,12);. The lowest BCUT2D eigenvalue weighted by Gasteiger charge is -2.07. The van der Waals surface area contributed by atoms with Gasteiger partial charge in [0.25, 0.3) is 0 Å². The van der Waals surface area contributed by atoms with Gasteiger partial charge in [-0.25, -0.2) is 0 Å². The summed E-state index contributed by atoms with van der Waals surface area (Å²) in [5, 5.41) is 6.14. The molecule has 2 amide bonds. The number of rotatable bonds is 7. The summed E-state index contributed by atoms with van der Waals surface area (Å²) in [7, 11) is 0. The van der Waals surface area contributed by atoms with Crippen molar-refractivity contribution in [1.82, 2.24) is 10.6 Å². The van der Waals surface area contributed by atoms with Gasteiger partial charge in [0.1, 0.15) is 4.83 Å². The van der Waals surface area contributed by atoms with Crippen LogP contribution in [-0.2, 0) is 22.7 Å². The van der Waals surface area contributed by atoms with E-state index in [9.17, 15) is 9.59 Å². The zero-order valence-corrected chi connectivity index (χ0v) is 21.4. The van der Waals surface area contributed by atoms with Crippen molar-refractivity contribution in [1.29, 1.82) is 0 Å². The molecule has 1 unspecified atom stereocenters. The molecule has 2 N–H and O–H groups in total. The Morgan fingerprint density at radius 1 is 0.893 bits per heavy atom. The van der Waals surface area contributed by atoms with Crippen molar-refractivity contribution in [3.63, 3.8) is 0 Å². The summed E-state index contributed by atoms with van der Waals surface area (Å²) in [5.74, 6) is -0.135. The molecule has 0 saturated carbocycles. The number of benzene rings is 2. The molecule has 0 aliphatic rings. The second-order valence-electron chi connectivity index (χ2n) is 5.23. The van der Waals surface area contributed by atoms with Crippen molar-refractivity contribution < 1.29 is 9.59 Å². The Morgan fingerprint density at radius 2 is 1.32 bits per heavy atom. The van der Waals surface area contributed by atoms with Gasteiger partial charge in [-0.15, -0.1) is 0 Å². The fourth-order valence-electron chi connectivity index (χ4n) is 1.82. The molecule has 1 atom stereocenters. The van der Waals surface area contributed by atoms with Crippen LogP contribution in [-0.4, -0.2) is 22.0 Å². The smallest absolute Gasteiger partial charge is 0.243 e. The number of hydrogen-bond acceptors (Lipinski definition) is 2. The number of amides is 2. The van der Waals surface area contributed by atoms with Gasteiger partial charge in [0.2, 0.25) is 11.8 Å². The molecule has 0 radical (unpaired) electrons. The van der Waals surface area contributed by atoms with E-state index in [1.165, 1.54) is 6.08 Å². The van der Waals surface area contributed by atoms with Crippen LogP contribution >= 0.6 is 60.1 Å². The maximum Gasteiger partial charge on any atom is 0.243 e. The number of nitrogens with one attached hydrogen (secondary N) is 2. The third kappa shape index (κ3) is 13.3. The Morgan fingerprint density at radius 3 is 1.71 bits per heavy atom. The highest BCUT2D eigenvalue weighted by Gasteiger charge is 2.11. The molecule has 2 aromatic carbocycles. The summed E-state index contributed by atoms with van der Waals surface area (Å²) in [5.41, 5.74) is 2.20. The van der Waals surface area contributed by atoms with Gasteiger partial charge in [0.05, 0.1) is 0 Å². The largest absolute Gasteiger partial charge is 0.351 e. The van der Waals surface area contributed by atoms with E-state index in [-0.39, 0.29) is 16.6 Å². The Bertz CT molecular complexity index is 685. The van der Waals surface area contributed by atoms with Gasteiger partial charge in [-0.2, -0.15) is 0 Å². The molecule has 4 nitrogen and oxygen atoms in total. The van der Waals surface area contributed by atoms with Crippen LogP contribution in [0.3, 0.4) is 0 Å². The van der Waals surface area contributed by atoms with Gasteiger partial charge in [-0.05, 0) is 17.2 Å². The average molecular weight is 642 g/mol. The summed E-state index contributed by atoms with van der Waals surface area (Å²) < 4.78 is 0. The van der Waals surface area contributed by atoms with Crippen molar-refractivity contribution in [2.24, 2.45) is 0 Å². The van der Waals surface area contributed by atoms with Crippen LogP contribution in [0, 0.1) is 0 Å². The summed E-state index contributed by atoms with van der Waals surface area (Å²) in [6.07, 6.45) is 1.27. The van der Waals surface area contributed by atoms with Gasteiger partial charge in [-0.1, -0.05) is 99.1 Å². The zero-order valence-electron chi connectivity index (χ0n) is 15.1. The summed E-state index contributed by atoms with van der Waals surface area (Å²) in [6.45, 7) is 4.50. The van der Waals surface area contributed by atoms with Crippen molar-refractivity contribution >= 4 is 71.9 Å². The molecule has 0 aliphatic heterocycles. The summed E-state index contributed by atoms with van der Waals surface area (Å²) >= 11 is 12.0. The van der Waals surface area contributed by atoms with Gasteiger partial charge in [0.15, 0.2) is 0 Å². The molecule has 0 aliphatic carbocycles. The van der Waals surface area contributed by atoms with Gasteiger partial charge in [-0.3, -0.25) is 9.59 Å². The number of carbonyl (C=O) groups is 2. The fourth-order valence-corrected chi connectivity index (χ4v) is 2.28. The minimum Gasteiger partial charge on any atom is -0.351 e. The third-order valence-corrected chi connectivity index (χ3v) is 5.48. The van der Waals surface area contributed by atoms with Crippen LogP contribution in [0.4, 0.5) is 0 Å². The minimum absolute atomic E-state index is 0.00530. The molecule has 152 valence electrons. The maximum absolute atomic E-state index is 11.4. The predicted molar refractivity (Wildman–Crippen MR) is 131 cm³/mol. The van der Waals surface area contributed by atoms with Crippen molar-refractivity contribution in [2.45, 2.75) is 17.9 Å². The van der Waals surface area contributed by atoms with Gasteiger partial charge >= 0.3 is 0 Å². The van der Waals surface area contributed by atoms with Crippen LogP contribution < -0.4 is 10.6 Å². The molecular formula is C20H22Br4N2O2. The molecule has 0 fully saturated rings. The lowest BCUT2D eigenvalue weighted by Crippen LogP contribution is -2.31. The van der Waals surface area contributed by atoms with E-state index >= 15 is 0 Å². The topological polar surface area (TPSA) is 58.2 Å². The third-order valence-electron chi connectivity index (χ3n) is 3.22. The van der Waals surface area contributed by atoms with Crippen molar-refractivity contribution in [3.05, 3.63) is 84.4 Å². The molecule has 0 saturated heterocycles. The molecule has 0 bridgehead atoms. The highest BCUT2D eigenvalue weighted by molar-refractivity contribution is 9.93. The van der Waals surface area contributed by atoms with E-state index in [0.717, 1.165) is 11.1 Å². The zero-order chi connectivity index (χ0) is 21.2. The van der Waals surface area contributed by atoms with E-state index in [1.54, 1.807) is 0 Å². The first-order valence-electron chi connectivity index (χ1n) is 8.17. The van der Waals surface area contributed by atoms with E-state index in [2.05, 4.69) is 77.3 Å². The number of hydrogen-bond donors (Lipinski definition) is 2. The molecule has 2 aromatic rings. The number of alkyl halides is 2. The van der Waals surface area contributed by atoms with Crippen LogP contribution in [0.2, 0.25) is 0 Å². The molecule has 2 rings (SSSR count). The van der Waals surface area contributed by atoms with E-state index in [0.29, 0.717) is 18.4 Å². The number of carbonyl (C=O) groups excluding carboxylic acids is 2. The van der Waals surface area contributed by atoms with Crippen LogP contribution in [0.5, 0.6) is 0 Å². The Kier molecular flexibility index (Phi) is 17.5. The molecular weight excluding hydrogens is 620 g/mol. The van der Waals surface area contributed by atoms with Crippen LogP contribution in [0.15, 0.2) is 73.3 Å². The van der Waals surface area contributed by atoms with Gasteiger partial charge < -0.3 is 10.6 Å². The lowest BCUT2D eigenvalue weighted by atomic mass is 10.2. The highest BCUT2D eigenvalue weighted by Crippen LogP contribution is 2.04. The Labute approximate surface area is 198 Å². The highest BCUT2D eigenvalue weighted by atomic mass is 80.9. The second-order valence-corrected chi connectivity index (χ2v) is 6.99. The van der Waals surface area contributed by atoms with E-state index < -0.39 is 0 Å². The summed E-state index contributed by atoms with van der Waals surface area (Å²) in [6, 6.07) is 19.6. The lowest BCUT2D eigenvalue weighted by molar-refractivity contribution is -0.120. The first kappa shape index (κ1) is 27.0. The Balaban J connectivity index is 0.000000483. The van der Waals surface area contributed by atoms with Crippen molar-refractivity contribution in [3.8, 4) is 0 Å². The van der Waals surface area contributed by atoms with Gasteiger partial charge in [0, 0.05) is 46.7 Å². The minimum atomic E-state index is -0.161. The van der Waals surface area contributed by atoms with Crippen molar-refractivity contribution in [2.75, 3.05) is 5.33 Å². The van der Waals surface area contributed by atoms with E-state index in [1.807, 2.05) is 60.7 Å². The maximum atomic E-state index is 11.4. The first-order chi connectivity index (χ1) is 13.6. The monoisotopic (exact) mass is 638 g/mol. The van der Waals surface area contributed by atoms with E-state index in [4.69, 9.17) is 0 Å². The quantitative estimate of drug-likeness (QED) is 0.304. The second kappa shape index (κ2) is 18.1. The summed E-state index contributed by atoms with van der Waals surface area (Å²) in [4.78, 5) is 22.0. The van der Waals surface area contributed by atoms with Crippen LogP contribution in [0.25, 0.3) is 0 Å². The molecule has 8 heteroatoms. The normalized spacial score (nSPS) is 10.1. The average Bonchev–Trinajstić information content (AvgIpc) is 2.78. The number of halogens is 4. The molecule has 28 heavy (non-hydrogen) atoms. The predicted octanol–water partition coefficient (Wildman–Crippen LogP) is 5.64. The molecule has 0 aromatic heterocycles. The fraction of sp³-hybridized carbons (Fsp3) is 0.200. The molecule has 0 spiro atoms. The van der Waals surface area contributed by atoms with Crippen LogP contribution in [0.1, 0.15) is 11.1 Å². The SMILES string of the molecule is BrBr.C=CC(=O)NCc1ccccc1.O=C(NCc1ccccc1)C(Br)CBr.